The molecule has 0 radical (unpaired) electrons. The van der Waals surface area contributed by atoms with Gasteiger partial charge in [-0.05, 0) is 32.7 Å². The molecule has 2 aliphatic carbocycles. The van der Waals surface area contributed by atoms with Crippen LogP contribution in [0.2, 0.25) is 0 Å². The van der Waals surface area contributed by atoms with Gasteiger partial charge >= 0.3 is 0 Å². The largest absolute Gasteiger partial charge is 0.396 e. The van der Waals surface area contributed by atoms with Crippen molar-refractivity contribution in [2.75, 3.05) is 20.2 Å². The first-order chi connectivity index (χ1) is 5.76. The molecular formula is C10H19NO. The third-order valence-electron chi connectivity index (χ3n) is 3.58. The normalized spacial score (nSPS) is 27.2. The Labute approximate surface area is 74.6 Å². The molecule has 0 bridgehead atoms. The highest BCUT2D eigenvalue weighted by Crippen LogP contribution is 2.46. The Morgan fingerprint density at radius 1 is 1.42 bits per heavy atom. The third kappa shape index (κ3) is 1.50. The molecule has 2 rings (SSSR count). The van der Waals surface area contributed by atoms with Crippen molar-refractivity contribution in [1.82, 2.24) is 4.90 Å². The predicted molar refractivity (Wildman–Crippen MR) is 49.0 cm³/mol. The lowest BCUT2D eigenvalue weighted by molar-refractivity contribution is 0.102. The lowest BCUT2D eigenvalue weighted by Crippen LogP contribution is -2.41. The van der Waals surface area contributed by atoms with Crippen molar-refractivity contribution in [2.45, 2.75) is 38.1 Å². The first kappa shape index (κ1) is 8.52. The summed E-state index contributed by atoms with van der Waals surface area (Å²) in [7, 11) is 2.21. The van der Waals surface area contributed by atoms with Crippen molar-refractivity contribution >= 4 is 0 Å². The maximum atomic E-state index is 9.15. The van der Waals surface area contributed by atoms with Crippen molar-refractivity contribution in [3.63, 3.8) is 0 Å². The van der Waals surface area contributed by atoms with Crippen LogP contribution < -0.4 is 0 Å². The molecule has 2 nitrogen and oxygen atoms in total. The van der Waals surface area contributed by atoms with Gasteiger partial charge in [-0.1, -0.05) is 6.42 Å². The molecule has 2 aliphatic rings. The van der Waals surface area contributed by atoms with Crippen LogP contribution in [-0.4, -0.2) is 36.2 Å². The lowest BCUT2D eigenvalue weighted by atomic mass is 9.91. The summed E-state index contributed by atoms with van der Waals surface area (Å²) in [5, 5.41) is 9.15. The van der Waals surface area contributed by atoms with Gasteiger partial charge < -0.3 is 10.0 Å². The van der Waals surface area contributed by atoms with E-state index >= 15 is 0 Å². The summed E-state index contributed by atoms with van der Waals surface area (Å²) < 4.78 is 0. The van der Waals surface area contributed by atoms with Crippen LogP contribution in [0, 0.1) is 5.41 Å². The summed E-state index contributed by atoms with van der Waals surface area (Å²) in [6.45, 7) is 1.51. The molecule has 70 valence electrons. The molecule has 0 aromatic heterocycles. The van der Waals surface area contributed by atoms with E-state index in [1.807, 2.05) is 0 Å². The second-order valence-electron chi connectivity index (χ2n) is 4.66. The maximum Gasteiger partial charge on any atom is 0.0499 e. The third-order valence-corrected chi connectivity index (χ3v) is 3.58. The molecule has 0 amide bonds. The lowest BCUT2D eigenvalue weighted by Gasteiger charge is -2.36. The highest BCUT2D eigenvalue weighted by atomic mass is 16.3. The molecule has 2 heteroatoms. The molecule has 0 spiro atoms. The quantitative estimate of drug-likeness (QED) is 0.684. The van der Waals surface area contributed by atoms with Gasteiger partial charge in [0, 0.05) is 24.6 Å². The Hall–Kier alpha value is -0.0800. The minimum atomic E-state index is 0.310. The highest BCUT2D eigenvalue weighted by molar-refractivity contribution is 4.96. The van der Waals surface area contributed by atoms with E-state index in [1.54, 1.807) is 0 Å². The second kappa shape index (κ2) is 3.00. The summed E-state index contributed by atoms with van der Waals surface area (Å²) >= 11 is 0. The van der Waals surface area contributed by atoms with Gasteiger partial charge in [-0.3, -0.25) is 0 Å². The minimum Gasteiger partial charge on any atom is -0.396 e. The van der Waals surface area contributed by atoms with Crippen LogP contribution in [-0.2, 0) is 0 Å². The molecule has 0 aromatic rings. The van der Waals surface area contributed by atoms with E-state index in [4.69, 9.17) is 5.11 Å². The zero-order valence-corrected chi connectivity index (χ0v) is 7.92. The molecule has 1 N–H and O–H groups in total. The second-order valence-corrected chi connectivity index (χ2v) is 4.66. The topological polar surface area (TPSA) is 23.5 Å². The molecule has 0 atom stereocenters. The van der Waals surface area contributed by atoms with Crippen LogP contribution in [0.15, 0.2) is 0 Å². The van der Waals surface area contributed by atoms with Crippen molar-refractivity contribution in [3.05, 3.63) is 0 Å². The minimum absolute atomic E-state index is 0.310. The zero-order chi connectivity index (χ0) is 8.60. The zero-order valence-electron chi connectivity index (χ0n) is 7.92. The summed E-state index contributed by atoms with van der Waals surface area (Å²) in [6.07, 6.45) is 6.62. The monoisotopic (exact) mass is 169 g/mol. The summed E-state index contributed by atoms with van der Waals surface area (Å²) in [5.41, 5.74) is 0.310. The van der Waals surface area contributed by atoms with Crippen LogP contribution in [0.1, 0.15) is 32.1 Å². The summed E-state index contributed by atoms with van der Waals surface area (Å²) in [4.78, 5) is 2.45. The van der Waals surface area contributed by atoms with Crippen LogP contribution in [0.25, 0.3) is 0 Å². The fourth-order valence-electron chi connectivity index (χ4n) is 2.03. The fourth-order valence-corrected chi connectivity index (χ4v) is 2.03. The van der Waals surface area contributed by atoms with Gasteiger partial charge in [0.2, 0.25) is 0 Å². The Balaban J connectivity index is 1.77. The molecule has 0 aliphatic heterocycles. The standard InChI is InChI=1S/C10H19NO/c1-11(9-3-2-4-9)7-10(8-12)5-6-10/h9,12H,2-8H2,1H3. The first-order valence-corrected chi connectivity index (χ1v) is 5.07. The highest BCUT2D eigenvalue weighted by Gasteiger charge is 2.43. The first-order valence-electron chi connectivity index (χ1n) is 5.07. The molecular weight excluding hydrogens is 150 g/mol. The number of nitrogens with zero attached hydrogens (tertiary/aromatic N) is 1. The van der Waals surface area contributed by atoms with E-state index in [-0.39, 0.29) is 0 Å². The predicted octanol–water partition coefficient (Wildman–Crippen LogP) is 1.24. The molecule has 2 saturated carbocycles. The number of aliphatic hydroxyl groups is 1. The van der Waals surface area contributed by atoms with E-state index in [1.165, 1.54) is 32.1 Å². The van der Waals surface area contributed by atoms with E-state index in [2.05, 4.69) is 11.9 Å². The van der Waals surface area contributed by atoms with Gasteiger partial charge in [-0.25, -0.2) is 0 Å². The van der Waals surface area contributed by atoms with Crippen molar-refractivity contribution in [3.8, 4) is 0 Å². The fraction of sp³-hybridized carbons (Fsp3) is 1.00. The van der Waals surface area contributed by atoms with Gasteiger partial charge in [0.1, 0.15) is 0 Å². The van der Waals surface area contributed by atoms with Gasteiger partial charge in [0.05, 0.1) is 0 Å². The van der Waals surface area contributed by atoms with E-state index in [0.717, 1.165) is 12.6 Å². The van der Waals surface area contributed by atoms with Gasteiger partial charge in [0.25, 0.3) is 0 Å². The number of hydrogen-bond acceptors (Lipinski definition) is 2. The molecule has 0 saturated heterocycles. The van der Waals surface area contributed by atoms with Gasteiger partial charge in [-0.2, -0.15) is 0 Å². The SMILES string of the molecule is CN(CC1(CO)CC1)C1CCC1. The molecule has 2 fully saturated rings. The average molecular weight is 169 g/mol. The number of rotatable bonds is 4. The molecule has 0 unspecified atom stereocenters. The molecule has 12 heavy (non-hydrogen) atoms. The van der Waals surface area contributed by atoms with Crippen LogP contribution >= 0.6 is 0 Å². The Morgan fingerprint density at radius 3 is 2.42 bits per heavy atom. The van der Waals surface area contributed by atoms with Crippen LogP contribution in [0.4, 0.5) is 0 Å². The summed E-state index contributed by atoms with van der Waals surface area (Å²) in [6, 6.07) is 0.828. The number of hydrogen-bond donors (Lipinski definition) is 1. The van der Waals surface area contributed by atoms with Crippen LogP contribution in [0.5, 0.6) is 0 Å². The van der Waals surface area contributed by atoms with E-state index in [0.29, 0.717) is 12.0 Å². The van der Waals surface area contributed by atoms with Crippen molar-refractivity contribution in [2.24, 2.45) is 5.41 Å². The molecule has 0 heterocycles. The molecule has 0 aromatic carbocycles. The van der Waals surface area contributed by atoms with Crippen molar-refractivity contribution in [1.29, 1.82) is 0 Å². The van der Waals surface area contributed by atoms with E-state index < -0.39 is 0 Å². The summed E-state index contributed by atoms with van der Waals surface area (Å²) in [5.74, 6) is 0. The Bertz CT molecular complexity index is 161. The Kier molecular flexibility index (Phi) is 2.13. The average Bonchev–Trinajstić information content (AvgIpc) is 2.65. The van der Waals surface area contributed by atoms with Crippen molar-refractivity contribution < 1.29 is 5.11 Å². The van der Waals surface area contributed by atoms with Gasteiger partial charge in [0.15, 0.2) is 0 Å². The van der Waals surface area contributed by atoms with E-state index in [9.17, 15) is 0 Å². The van der Waals surface area contributed by atoms with Crippen LogP contribution in [0.3, 0.4) is 0 Å². The maximum absolute atomic E-state index is 9.15. The Morgan fingerprint density at radius 2 is 2.08 bits per heavy atom. The van der Waals surface area contributed by atoms with Gasteiger partial charge in [-0.15, -0.1) is 0 Å². The number of aliphatic hydroxyl groups excluding tert-OH is 1. The smallest absolute Gasteiger partial charge is 0.0499 e.